The number of aromatic nitrogens is 2. The molecule has 5 nitrogen and oxygen atoms in total. The standard InChI is InChI=1S/C15H26N4O/c1-12(2)20-14-5-9-17-15(18-14)16-8-4-13-6-10-19(3)11-7-13/h5,9,12-13H,4,6-8,10-11H2,1-3H3,(H,16,17,18). The average molecular weight is 278 g/mol. The van der Waals surface area contributed by atoms with Gasteiger partial charge in [-0.15, -0.1) is 0 Å². The molecule has 0 radical (unpaired) electrons. The maximum atomic E-state index is 5.57. The van der Waals surface area contributed by atoms with Gasteiger partial charge in [0.05, 0.1) is 6.10 Å². The number of hydrogen-bond acceptors (Lipinski definition) is 5. The number of piperidine rings is 1. The van der Waals surface area contributed by atoms with Crippen LogP contribution < -0.4 is 10.1 Å². The van der Waals surface area contributed by atoms with Crippen molar-refractivity contribution in [3.05, 3.63) is 12.3 Å². The van der Waals surface area contributed by atoms with Crippen molar-refractivity contribution in [2.75, 3.05) is 32.0 Å². The number of likely N-dealkylation sites (tertiary alicyclic amines) is 1. The molecule has 2 rings (SSSR count). The molecule has 1 fully saturated rings. The van der Waals surface area contributed by atoms with Crippen molar-refractivity contribution in [3.8, 4) is 5.88 Å². The molecule has 0 aromatic carbocycles. The third-order valence-electron chi connectivity index (χ3n) is 3.66. The van der Waals surface area contributed by atoms with Gasteiger partial charge in [0, 0.05) is 18.8 Å². The van der Waals surface area contributed by atoms with Crippen LogP contribution in [0.15, 0.2) is 12.3 Å². The summed E-state index contributed by atoms with van der Waals surface area (Å²) in [6, 6.07) is 1.79. The van der Waals surface area contributed by atoms with Gasteiger partial charge < -0.3 is 15.0 Å². The third-order valence-corrected chi connectivity index (χ3v) is 3.66. The molecule has 1 aliphatic heterocycles. The van der Waals surface area contributed by atoms with Crippen molar-refractivity contribution in [2.24, 2.45) is 5.92 Å². The van der Waals surface area contributed by atoms with Crippen LogP contribution in [0.5, 0.6) is 5.88 Å². The lowest BCUT2D eigenvalue weighted by Gasteiger charge is -2.28. The Morgan fingerprint density at radius 1 is 1.40 bits per heavy atom. The van der Waals surface area contributed by atoms with Crippen LogP contribution in [0.3, 0.4) is 0 Å². The van der Waals surface area contributed by atoms with Crippen molar-refractivity contribution >= 4 is 5.95 Å². The van der Waals surface area contributed by atoms with E-state index in [0.717, 1.165) is 12.5 Å². The minimum Gasteiger partial charge on any atom is -0.475 e. The maximum Gasteiger partial charge on any atom is 0.225 e. The van der Waals surface area contributed by atoms with Crippen LogP contribution in [-0.4, -0.2) is 47.7 Å². The van der Waals surface area contributed by atoms with Crippen molar-refractivity contribution < 1.29 is 4.74 Å². The molecule has 0 saturated carbocycles. The van der Waals surface area contributed by atoms with Crippen molar-refractivity contribution in [1.82, 2.24) is 14.9 Å². The lowest BCUT2D eigenvalue weighted by atomic mass is 9.94. The number of nitrogens with zero attached hydrogens (tertiary/aromatic N) is 3. The van der Waals surface area contributed by atoms with Gasteiger partial charge in [0.2, 0.25) is 11.8 Å². The number of hydrogen-bond donors (Lipinski definition) is 1. The largest absolute Gasteiger partial charge is 0.475 e. The molecule has 0 amide bonds. The molecule has 0 spiro atoms. The zero-order valence-electron chi connectivity index (χ0n) is 12.8. The van der Waals surface area contributed by atoms with E-state index >= 15 is 0 Å². The monoisotopic (exact) mass is 278 g/mol. The smallest absolute Gasteiger partial charge is 0.225 e. The number of ether oxygens (including phenoxy) is 1. The molecule has 0 aliphatic carbocycles. The first-order valence-corrected chi connectivity index (χ1v) is 7.55. The van der Waals surface area contributed by atoms with E-state index in [-0.39, 0.29) is 6.10 Å². The van der Waals surface area contributed by atoms with Gasteiger partial charge in [0.25, 0.3) is 0 Å². The first-order valence-electron chi connectivity index (χ1n) is 7.55. The highest BCUT2D eigenvalue weighted by Crippen LogP contribution is 2.19. The zero-order chi connectivity index (χ0) is 14.4. The van der Waals surface area contributed by atoms with E-state index in [0.29, 0.717) is 11.8 Å². The highest BCUT2D eigenvalue weighted by molar-refractivity contribution is 5.27. The second-order valence-corrected chi connectivity index (χ2v) is 5.85. The highest BCUT2D eigenvalue weighted by atomic mass is 16.5. The van der Waals surface area contributed by atoms with Crippen molar-refractivity contribution in [1.29, 1.82) is 0 Å². The van der Waals surface area contributed by atoms with Crippen LogP contribution in [0.25, 0.3) is 0 Å². The first-order chi connectivity index (χ1) is 9.63. The second-order valence-electron chi connectivity index (χ2n) is 5.85. The molecular formula is C15H26N4O. The van der Waals surface area contributed by atoms with Gasteiger partial charge in [-0.25, -0.2) is 4.98 Å². The van der Waals surface area contributed by atoms with E-state index in [4.69, 9.17) is 4.74 Å². The molecule has 112 valence electrons. The zero-order valence-corrected chi connectivity index (χ0v) is 12.8. The highest BCUT2D eigenvalue weighted by Gasteiger charge is 2.16. The van der Waals surface area contributed by atoms with E-state index in [1.54, 1.807) is 12.3 Å². The first kappa shape index (κ1) is 15.0. The Bertz CT molecular complexity index is 403. The minimum absolute atomic E-state index is 0.136. The summed E-state index contributed by atoms with van der Waals surface area (Å²) in [6.45, 7) is 7.36. The predicted molar refractivity (Wildman–Crippen MR) is 81.1 cm³/mol. The summed E-state index contributed by atoms with van der Waals surface area (Å²) in [5, 5.41) is 3.30. The summed E-state index contributed by atoms with van der Waals surface area (Å²) in [6.07, 6.45) is 5.66. The summed E-state index contributed by atoms with van der Waals surface area (Å²) < 4.78 is 5.57. The molecule has 20 heavy (non-hydrogen) atoms. The Kier molecular flexibility index (Phi) is 5.59. The van der Waals surface area contributed by atoms with Crippen LogP contribution in [0.4, 0.5) is 5.95 Å². The van der Waals surface area contributed by atoms with Crippen molar-refractivity contribution in [3.63, 3.8) is 0 Å². The van der Waals surface area contributed by atoms with Gasteiger partial charge >= 0.3 is 0 Å². The molecule has 0 atom stereocenters. The summed E-state index contributed by atoms with van der Waals surface area (Å²) in [7, 11) is 2.20. The molecule has 0 bridgehead atoms. The number of rotatable bonds is 6. The fourth-order valence-electron chi connectivity index (χ4n) is 2.47. The van der Waals surface area contributed by atoms with E-state index in [2.05, 4.69) is 27.2 Å². The Labute approximate surface area is 121 Å². The summed E-state index contributed by atoms with van der Waals surface area (Å²) in [5.74, 6) is 2.13. The molecule has 1 aromatic heterocycles. The van der Waals surface area contributed by atoms with E-state index in [1.165, 1.54) is 32.4 Å². The normalized spacial score (nSPS) is 17.4. The Balaban J connectivity index is 1.73. The molecule has 2 heterocycles. The van der Waals surface area contributed by atoms with Crippen LogP contribution >= 0.6 is 0 Å². The Morgan fingerprint density at radius 3 is 2.85 bits per heavy atom. The predicted octanol–water partition coefficient (Wildman–Crippen LogP) is 2.41. The second kappa shape index (κ2) is 7.43. The molecule has 1 aromatic rings. The average Bonchev–Trinajstić information content (AvgIpc) is 2.41. The van der Waals surface area contributed by atoms with Gasteiger partial charge in [-0.05, 0) is 59.2 Å². The van der Waals surface area contributed by atoms with Gasteiger partial charge in [0.15, 0.2) is 0 Å². The van der Waals surface area contributed by atoms with Gasteiger partial charge in [-0.1, -0.05) is 0 Å². The molecular weight excluding hydrogens is 252 g/mol. The lowest BCUT2D eigenvalue weighted by molar-refractivity contribution is 0.215. The summed E-state index contributed by atoms with van der Waals surface area (Å²) in [4.78, 5) is 11.0. The fourth-order valence-corrected chi connectivity index (χ4v) is 2.47. The van der Waals surface area contributed by atoms with Crippen LogP contribution in [0.2, 0.25) is 0 Å². The van der Waals surface area contributed by atoms with E-state index in [9.17, 15) is 0 Å². The summed E-state index contributed by atoms with van der Waals surface area (Å²) >= 11 is 0. The number of nitrogens with one attached hydrogen (secondary N) is 1. The SMILES string of the molecule is CC(C)Oc1ccnc(NCCC2CCN(C)CC2)n1. The maximum absolute atomic E-state index is 5.57. The molecule has 1 saturated heterocycles. The number of anilines is 1. The fraction of sp³-hybridized carbons (Fsp3) is 0.733. The van der Waals surface area contributed by atoms with Crippen molar-refractivity contribution in [2.45, 2.75) is 39.2 Å². The molecule has 5 heteroatoms. The quantitative estimate of drug-likeness (QED) is 0.866. The van der Waals surface area contributed by atoms with E-state index in [1.807, 2.05) is 13.8 Å². The van der Waals surface area contributed by atoms with Crippen LogP contribution in [-0.2, 0) is 0 Å². The van der Waals surface area contributed by atoms with Gasteiger partial charge in [0.1, 0.15) is 0 Å². The molecule has 0 unspecified atom stereocenters. The van der Waals surface area contributed by atoms with Crippen LogP contribution in [0.1, 0.15) is 33.1 Å². The topological polar surface area (TPSA) is 50.3 Å². The van der Waals surface area contributed by atoms with E-state index < -0.39 is 0 Å². The summed E-state index contributed by atoms with van der Waals surface area (Å²) in [5.41, 5.74) is 0. The lowest BCUT2D eigenvalue weighted by Crippen LogP contribution is -2.30. The Hall–Kier alpha value is -1.36. The third kappa shape index (κ3) is 4.96. The minimum atomic E-state index is 0.136. The van der Waals surface area contributed by atoms with Gasteiger partial charge in [-0.2, -0.15) is 4.98 Å². The van der Waals surface area contributed by atoms with Crippen LogP contribution in [0, 0.1) is 5.92 Å². The molecule has 1 aliphatic rings. The molecule has 1 N–H and O–H groups in total. The van der Waals surface area contributed by atoms with Gasteiger partial charge in [-0.3, -0.25) is 0 Å². The Morgan fingerprint density at radius 2 is 2.15 bits per heavy atom.